The first kappa shape index (κ1) is 20.5. The molecule has 0 saturated carbocycles. The molecule has 1 fully saturated rings. The smallest absolute Gasteiger partial charge is 0.317 e. The van der Waals surface area contributed by atoms with Crippen molar-refractivity contribution in [1.82, 2.24) is 15.1 Å². The molecule has 2 amide bonds. The summed E-state index contributed by atoms with van der Waals surface area (Å²) in [5.41, 5.74) is 1.02. The molecule has 1 atom stereocenters. The number of piperidine rings is 1. The second-order valence-corrected chi connectivity index (χ2v) is 7.52. The number of rotatable bonds is 5. The molecule has 0 radical (unpaired) electrons. The normalized spacial score (nSPS) is 20.1. The van der Waals surface area contributed by atoms with Crippen molar-refractivity contribution < 1.29 is 23.5 Å². The van der Waals surface area contributed by atoms with Gasteiger partial charge in [0.05, 0.1) is 12.6 Å². The molecule has 0 unspecified atom stereocenters. The molecule has 8 heteroatoms. The zero-order chi connectivity index (χ0) is 20.3. The van der Waals surface area contributed by atoms with Gasteiger partial charge in [0.25, 0.3) is 0 Å². The quantitative estimate of drug-likeness (QED) is 0.804. The van der Waals surface area contributed by atoms with Crippen molar-refractivity contribution in [2.75, 3.05) is 26.2 Å². The SMILES string of the molecule is CCN(CC(=O)O)C1CCN(C(=O)N[C@@H]2CCCc3c(F)cc(F)cc32)CC1. The van der Waals surface area contributed by atoms with Gasteiger partial charge < -0.3 is 15.3 Å². The van der Waals surface area contributed by atoms with Crippen LogP contribution in [0.5, 0.6) is 0 Å². The van der Waals surface area contributed by atoms with Gasteiger partial charge in [0.15, 0.2) is 0 Å². The molecule has 1 aliphatic carbocycles. The highest BCUT2D eigenvalue weighted by atomic mass is 19.1. The summed E-state index contributed by atoms with van der Waals surface area (Å²) < 4.78 is 27.7. The molecule has 2 N–H and O–H groups in total. The Balaban J connectivity index is 1.60. The fourth-order valence-electron chi connectivity index (χ4n) is 4.33. The van der Waals surface area contributed by atoms with E-state index in [4.69, 9.17) is 5.11 Å². The number of urea groups is 1. The van der Waals surface area contributed by atoms with E-state index in [1.165, 1.54) is 6.07 Å². The van der Waals surface area contributed by atoms with Crippen LogP contribution in [0.4, 0.5) is 13.6 Å². The van der Waals surface area contributed by atoms with Crippen molar-refractivity contribution in [3.05, 3.63) is 34.9 Å². The summed E-state index contributed by atoms with van der Waals surface area (Å²) in [6.45, 7) is 3.65. The lowest BCUT2D eigenvalue weighted by Crippen LogP contribution is -2.51. The Morgan fingerprint density at radius 2 is 1.96 bits per heavy atom. The Morgan fingerprint density at radius 1 is 1.25 bits per heavy atom. The second kappa shape index (κ2) is 8.86. The number of likely N-dealkylation sites (tertiary alicyclic amines) is 1. The Hall–Kier alpha value is -2.22. The van der Waals surface area contributed by atoms with Gasteiger partial charge in [-0.2, -0.15) is 0 Å². The number of carboxylic acids is 1. The minimum absolute atomic E-state index is 0.00332. The first-order valence-corrected chi connectivity index (χ1v) is 9.88. The summed E-state index contributed by atoms with van der Waals surface area (Å²) in [5, 5.41) is 12.0. The van der Waals surface area contributed by atoms with Gasteiger partial charge in [-0.15, -0.1) is 0 Å². The first-order valence-electron chi connectivity index (χ1n) is 9.88. The topological polar surface area (TPSA) is 72.9 Å². The number of aliphatic carboxylic acids is 1. The minimum Gasteiger partial charge on any atom is -0.480 e. The summed E-state index contributed by atoms with van der Waals surface area (Å²) in [4.78, 5) is 27.3. The monoisotopic (exact) mass is 395 g/mol. The van der Waals surface area contributed by atoms with Crippen molar-refractivity contribution in [3.8, 4) is 0 Å². The number of halogens is 2. The molecule has 1 aromatic rings. The molecular formula is C20H27F2N3O3. The number of amides is 2. The predicted molar refractivity (Wildman–Crippen MR) is 100 cm³/mol. The third kappa shape index (κ3) is 4.60. The van der Waals surface area contributed by atoms with Crippen molar-refractivity contribution in [1.29, 1.82) is 0 Å². The highest BCUT2D eigenvalue weighted by Crippen LogP contribution is 2.32. The number of nitrogens with zero attached hydrogens (tertiary/aromatic N) is 2. The molecule has 2 aliphatic rings. The molecule has 1 heterocycles. The number of hydrogen-bond donors (Lipinski definition) is 2. The van der Waals surface area contributed by atoms with E-state index in [-0.39, 0.29) is 18.6 Å². The third-order valence-corrected chi connectivity index (χ3v) is 5.80. The second-order valence-electron chi connectivity index (χ2n) is 7.52. The van der Waals surface area contributed by atoms with E-state index in [1.54, 1.807) is 4.90 Å². The average molecular weight is 395 g/mol. The summed E-state index contributed by atoms with van der Waals surface area (Å²) in [7, 11) is 0. The van der Waals surface area contributed by atoms with Crippen LogP contribution in [0, 0.1) is 11.6 Å². The number of fused-ring (bicyclic) bond motifs is 1. The number of hydrogen-bond acceptors (Lipinski definition) is 3. The molecule has 3 rings (SSSR count). The molecule has 1 saturated heterocycles. The number of likely N-dealkylation sites (N-methyl/N-ethyl adjacent to an activating group) is 1. The number of benzene rings is 1. The average Bonchev–Trinajstić information content (AvgIpc) is 2.66. The number of carbonyl (C=O) groups is 2. The van der Waals surface area contributed by atoms with Crippen molar-refractivity contribution in [2.45, 2.75) is 51.1 Å². The Labute approximate surface area is 163 Å². The maximum atomic E-state index is 14.0. The van der Waals surface area contributed by atoms with Crippen molar-refractivity contribution >= 4 is 12.0 Å². The zero-order valence-corrected chi connectivity index (χ0v) is 16.1. The lowest BCUT2D eigenvalue weighted by atomic mass is 9.87. The molecular weight excluding hydrogens is 368 g/mol. The maximum Gasteiger partial charge on any atom is 0.317 e. The van der Waals surface area contributed by atoms with Crippen LogP contribution in [0.15, 0.2) is 12.1 Å². The lowest BCUT2D eigenvalue weighted by Gasteiger charge is -2.38. The number of carbonyl (C=O) groups excluding carboxylic acids is 1. The Morgan fingerprint density at radius 3 is 2.61 bits per heavy atom. The Kier molecular flexibility index (Phi) is 6.49. The van der Waals surface area contributed by atoms with E-state index < -0.39 is 23.6 Å². The van der Waals surface area contributed by atoms with Gasteiger partial charge >= 0.3 is 12.0 Å². The van der Waals surface area contributed by atoms with Gasteiger partial charge in [-0.25, -0.2) is 13.6 Å². The summed E-state index contributed by atoms with van der Waals surface area (Å²) in [6, 6.07) is 1.73. The zero-order valence-electron chi connectivity index (χ0n) is 16.1. The first-order chi connectivity index (χ1) is 13.4. The van der Waals surface area contributed by atoms with E-state index in [2.05, 4.69) is 5.32 Å². The van der Waals surface area contributed by atoms with E-state index in [0.717, 1.165) is 12.5 Å². The van der Waals surface area contributed by atoms with Gasteiger partial charge in [-0.3, -0.25) is 9.69 Å². The maximum absolute atomic E-state index is 14.0. The van der Waals surface area contributed by atoms with E-state index in [9.17, 15) is 18.4 Å². The molecule has 28 heavy (non-hydrogen) atoms. The highest BCUT2D eigenvalue weighted by Gasteiger charge is 2.30. The van der Waals surface area contributed by atoms with E-state index >= 15 is 0 Å². The fourth-order valence-corrected chi connectivity index (χ4v) is 4.33. The lowest BCUT2D eigenvalue weighted by molar-refractivity contribution is -0.139. The largest absolute Gasteiger partial charge is 0.480 e. The van der Waals surface area contributed by atoms with Crippen LogP contribution in [0.3, 0.4) is 0 Å². The van der Waals surface area contributed by atoms with Gasteiger partial charge in [-0.05, 0) is 55.8 Å². The van der Waals surface area contributed by atoms with Gasteiger partial charge in [0, 0.05) is 25.2 Å². The van der Waals surface area contributed by atoms with Gasteiger partial charge in [0.1, 0.15) is 11.6 Å². The predicted octanol–water partition coefficient (Wildman–Crippen LogP) is 2.92. The van der Waals surface area contributed by atoms with Crippen molar-refractivity contribution in [3.63, 3.8) is 0 Å². The third-order valence-electron chi connectivity index (χ3n) is 5.80. The summed E-state index contributed by atoms with van der Waals surface area (Å²) in [6.07, 6.45) is 3.36. The highest BCUT2D eigenvalue weighted by molar-refractivity contribution is 5.75. The molecule has 0 bridgehead atoms. The van der Waals surface area contributed by atoms with Crippen LogP contribution in [-0.2, 0) is 11.2 Å². The van der Waals surface area contributed by atoms with Crippen LogP contribution in [-0.4, -0.2) is 59.1 Å². The van der Waals surface area contributed by atoms with Gasteiger partial charge in [0.2, 0.25) is 0 Å². The Bertz CT molecular complexity index is 736. The molecule has 6 nitrogen and oxygen atoms in total. The molecule has 1 aliphatic heterocycles. The number of carboxylic acid groups (broad SMARTS) is 1. The van der Waals surface area contributed by atoms with Crippen LogP contribution in [0.2, 0.25) is 0 Å². The number of nitrogens with one attached hydrogen (secondary N) is 1. The van der Waals surface area contributed by atoms with Crippen molar-refractivity contribution in [2.24, 2.45) is 0 Å². The van der Waals surface area contributed by atoms with Crippen LogP contribution >= 0.6 is 0 Å². The van der Waals surface area contributed by atoms with E-state index in [0.29, 0.717) is 56.4 Å². The molecule has 154 valence electrons. The van der Waals surface area contributed by atoms with Gasteiger partial charge in [-0.1, -0.05) is 6.92 Å². The standard InChI is InChI=1S/C20H27F2N3O3/c1-2-24(12-19(26)27)14-6-8-25(9-7-14)20(28)23-18-5-3-4-15-16(18)10-13(21)11-17(15)22/h10-11,14,18H,2-9,12H2,1H3,(H,23,28)(H,26,27)/t18-/m1/s1. The van der Waals surface area contributed by atoms with Crippen LogP contribution < -0.4 is 5.32 Å². The molecule has 1 aromatic carbocycles. The minimum atomic E-state index is -0.850. The van der Waals surface area contributed by atoms with Crippen LogP contribution in [0.1, 0.15) is 49.8 Å². The van der Waals surface area contributed by atoms with Crippen LogP contribution in [0.25, 0.3) is 0 Å². The van der Waals surface area contributed by atoms with E-state index in [1.807, 2.05) is 11.8 Å². The summed E-state index contributed by atoms with van der Waals surface area (Å²) in [5.74, 6) is -2.03. The molecule has 0 aromatic heterocycles. The summed E-state index contributed by atoms with van der Waals surface area (Å²) >= 11 is 0. The fraction of sp³-hybridized carbons (Fsp3) is 0.600. The molecule has 0 spiro atoms.